The molecule has 0 unspecified atom stereocenters. The molecule has 21 heavy (non-hydrogen) atoms. The van der Waals surface area contributed by atoms with Crippen molar-refractivity contribution in [1.82, 2.24) is 10.0 Å². The third-order valence-electron chi connectivity index (χ3n) is 2.48. The maximum atomic E-state index is 13.7. The van der Waals surface area contributed by atoms with Crippen LogP contribution in [0.5, 0.6) is 5.75 Å². The van der Waals surface area contributed by atoms with Crippen LogP contribution in [0.15, 0.2) is 23.1 Å². The summed E-state index contributed by atoms with van der Waals surface area (Å²) in [5.41, 5.74) is 0. The van der Waals surface area contributed by atoms with Crippen LogP contribution in [0, 0.1) is 5.82 Å². The lowest BCUT2D eigenvalue weighted by Crippen LogP contribution is -2.26. The Morgan fingerprint density at radius 1 is 1.43 bits per heavy atom. The summed E-state index contributed by atoms with van der Waals surface area (Å²) in [6.07, 6.45) is 0.259. The number of hydrogen-bond acceptors (Lipinski definition) is 5. The van der Waals surface area contributed by atoms with Gasteiger partial charge in [0.05, 0.1) is 4.90 Å². The second-order valence-corrected chi connectivity index (χ2v) is 5.80. The van der Waals surface area contributed by atoms with Gasteiger partial charge in [-0.05, 0) is 24.6 Å². The Labute approximate surface area is 122 Å². The van der Waals surface area contributed by atoms with Crippen LogP contribution in [0.4, 0.5) is 4.39 Å². The van der Waals surface area contributed by atoms with E-state index in [1.165, 1.54) is 13.1 Å². The lowest BCUT2D eigenvalue weighted by atomic mass is 10.3. The van der Waals surface area contributed by atoms with E-state index in [2.05, 4.69) is 10.0 Å². The minimum Gasteiger partial charge on any atom is -0.481 e. The van der Waals surface area contributed by atoms with Crippen molar-refractivity contribution < 1.29 is 27.4 Å². The number of carbonyl (C=O) groups excluding carboxylic acids is 1. The molecule has 0 atom stereocenters. The molecule has 1 aromatic carbocycles. The minimum absolute atomic E-state index is 0.0510. The molecule has 3 N–H and O–H groups in total. The van der Waals surface area contributed by atoms with Crippen LogP contribution < -0.4 is 14.8 Å². The first-order valence-corrected chi connectivity index (χ1v) is 7.62. The molecule has 0 fully saturated rings. The Hall–Kier alpha value is -1.71. The number of amides is 1. The number of benzene rings is 1. The van der Waals surface area contributed by atoms with Crippen LogP contribution in [0.1, 0.15) is 6.42 Å². The number of aliphatic hydroxyl groups excluding tert-OH is 1. The molecule has 9 heteroatoms. The van der Waals surface area contributed by atoms with Crippen LogP contribution in [-0.2, 0) is 14.8 Å². The Balaban J connectivity index is 2.79. The Morgan fingerprint density at radius 3 is 2.71 bits per heavy atom. The van der Waals surface area contributed by atoms with Crippen LogP contribution in [0.2, 0.25) is 0 Å². The van der Waals surface area contributed by atoms with Crippen molar-refractivity contribution in [3.8, 4) is 5.75 Å². The first kappa shape index (κ1) is 17.3. The van der Waals surface area contributed by atoms with Gasteiger partial charge in [0.25, 0.3) is 5.91 Å². The third-order valence-corrected chi connectivity index (χ3v) is 3.94. The van der Waals surface area contributed by atoms with Crippen molar-refractivity contribution in [2.75, 3.05) is 26.8 Å². The number of aliphatic hydroxyl groups is 1. The Bertz CT molecular complexity index is 591. The summed E-state index contributed by atoms with van der Waals surface area (Å²) in [4.78, 5) is 10.7. The number of carbonyl (C=O) groups is 1. The minimum atomic E-state index is -3.84. The second kappa shape index (κ2) is 7.91. The van der Waals surface area contributed by atoms with Gasteiger partial charge < -0.3 is 15.2 Å². The summed E-state index contributed by atoms with van der Waals surface area (Å²) in [5, 5.41) is 10.9. The van der Waals surface area contributed by atoms with Crippen LogP contribution in [0.25, 0.3) is 0 Å². The predicted octanol–water partition coefficient (Wildman–Crippen LogP) is -0.389. The van der Waals surface area contributed by atoms with Crippen LogP contribution >= 0.6 is 0 Å². The predicted molar refractivity (Wildman–Crippen MR) is 72.9 cm³/mol. The monoisotopic (exact) mass is 320 g/mol. The molecule has 0 aliphatic carbocycles. The molecule has 1 rings (SSSR count). The number of rotatable bonds is 8. The number of halogens is 1. The van der Waals surface area contributed by atoms with Crippen molar-refractivity contribution in [3.63, 3.8) is 0 Å². The quantitative estimate of drug-likeness (QED) is 0.566. The second-order valence-electron chi connectivity index (χ2n) is 4.03. The molecule has 118 valence electrons. The highest BCUT2D eigenvalue weighted by Crippen LogP contribution is 2.20. The maximum Gasteiger partial charge on any atom is 0.257 e. The Kier molecular flexibility index (Phi) is 6.53. The third kappa shape index (κ3) is 5.29. The van der Waals surface area contributed by atoms with Gasteiger partial charge in [0.1, 0.15) is 0 Å². The summed E-state index contributed by atoms with van der Waals surface area (Å²) < 4.78 is 44.5. The maximum absolute atomic E-state index is 13.7. The molecular weight excluding hydrogens is 303 g/mol. The largest absolute Gasteiger partial charge is 0.481 e. The van der Waals surface area contributed by atoms with Gasteiger partial charge in [0, 0.05) is 20.2 Å². The van der Waals surface area contributed by atoms with Crippen LogP contribution in [0.3, 0.4) is 0 Å². The highest BCUT2D eigenvalue weighted by atomic mass is 32.2. The number of sulfonamides is 1. The van der Waals surface area contributed by atoms with Crippen molar-refractivity contribution in [3.05, 3.63) is 24.0 Å². The average Bonchev–Trinajstić information content (AvgIpc) is 2.45. The fourth-order valence-corrected chi connectivity index (χ4v) is 2.44. The molecule has 0 saturated carbocycles. The zero-order chi connectivity index (χ0) is 15.9. The molecule has 0 aliphatic heterocycles. The lowest BCUT2D eigenvalue weighted by molar-refractivity contribution is -0.122. The Morgan fingerprint density at radius 2 is 2.14 bits per heavy atom. The van der Waals surface area contributed by atoms with E-state index in [-0.39, 0.29) is 36.8 Å². The van der Waals surface area contributed by atoms with E-state index in [0.29, 0.717) is 0 Å². The van der Waals surface area contributed by atoms with Gasteiger partial charge >= 0.3 is 0 Å². The normalized spacial score (nSPS) is 11.2. The highest BCUT2D eigenvalue weighted by molar-refractivity contribution is 7.89. The van der Waals surface area contributed by atoms with E-state index in [0.717, 1.165) is 12.1 Å². The zero-order valence-electron chi connectivity index (χ0n) is 11.4. The van der Waals surface area contributed by atoms with Gasteiger partial charge in [0.2, 0.25) is 10.0 Å². The van der Waals surface area contributed by atoms with Gasteiger partial charge in [-0.2, -0.15) is 0 Å². The summed E-state index contributed by atoms with van der Waals surface area (Å²) in [7, 11) is -2.43. The van der Waals surface area contributed by atoms with Gasteiger partial charge in [-0.1, -0.05) is 0 Å². The first-order chi connectivity index (χ1) is 9.90. The molecule has 0 aromatic heterocycles. The fraction of sp³-hybridized carbons (Fsp3) is 0.417. The van der Waals surface area contributed by atoms with E-state index < -0.39 is 21.7 Å². The molecular formula is C12H17FN2O5S. The van der Waals surface area contributed by atoms with Crippen molar-refractivity contribution in [2.24, 2.45) is 0 Å². The molecule has 0 spiro atoms. The summed E-state index contributed by atoms with van der Waals surface area (Å²) in [5.74, 6) is -1.53. The van der Waals surface area contributed by atoms with Crippen molar-refractivity contribution >= 4 is 15.9 Å². The standard InChI is InChI=1S/C12H17FN2O5S/c1-14-12(17)8-20-11-4-3-9(7-10(11)13)21(18,19)15-5-2-6-16/h3-4,7,15-16H,2,5-6,8H2,1H3,(H,14,17). The van der Waals surface area contributed by atoms with E-state index in [9.17, 15) is 17.6 Å². The van der Waals surface area contributed by atoms with Gasteiger partial charge in [-0.15, -0.1) is 0 Å². The van der Waals surface area contributed by atoms with Gasteiger partial charge in [-0.3, -0.25) is 4.79 Å². The topological polar surface area (TPSA) is 105 Å². The van der Waals surface area contributed by atoms with Crippen LogP contribution in [-0.4, -0.2) is 46.2 Å². The number of ether oxygens (including phenoxy) is 1. The van der Waals surface area contributed by atoms with Crippen molar-refractivity contribution in [2.45, 2.75) is 11.3 Å². The van der Waals surface area contributed by atoms with Crippen molar-refractivity contribution in [1.29, 1.82) is 0 Å². The molecule has 0 aliphatic rings. The molecule has 0 saturated heterocycles. The smallest absolute Gasteiger partial charge is 0.257 e. The van der Waals surface area contributed by atoms with E-state index in [1.54, 1.807) is 0 Å². The summed E-state index contributed by atoms with van der Waals surface area (Å²) >= 11 is 0. The van der Waals surface area contributed by atoms with E-state index in [1.807, 2.05) is 0 Å². The molecule has 0 bridgehead atoms. The summed E-state index contributed by atoms with van der Waals surface area (Å²) in [6.45, 7) is -0.465. The zero-order valence-corrected chi connectivity index (χ0v) is 12.2. The lowest BCUT2D eigenvalue weighted by Gasteiger charge is -2.09. The molecule has 1 amide bonds. The number of nitrogens with one attached hydrogen (secondary N) is 2. The molecule has 0 heterocycles. The number of hydrogen-bond donors (Lipinski definition) is 3. The van der Waals surface area contributed by atoms with Gasteiger partial charge in [-0.25, -0.2) is 17.5 Å². The van der Waals surface area contributed by atoms with E-state index >= 15 is 0 Å². The molecule has 0 radical (unpaired) electrons. The SMILES string of the molecule is CNC(=O)COc1ccc(S(=O)(=O)NCCCO)cc1F. The fourth-order valence-electron chi connectivity index (χ4n) is 1.35. The van der Waals surface area contributed by atoms with E-state index in [4.69, 9.17) is 9.84 Å². The highest BCUT2D eigenvalue weighted by Gasteiger charge is 2.16. The molecule has 1 aromatic rings. The summed E-state index contributed by atoms with van der Waals surface area (Å²) in [6, 6.07) is 3.11. The first-order valence-electron chi connectivity index (χ1n) is 6.14. The molecule has 7 nitrogen and oxygen atoms in total. The van der Waals surface area contributed by atoms with Gasteiger partial charge in [0.15, 0.2) is 18.2 Å². The number of likely N-dealkylation sites (N-methyl/N-ethyl adjacent to an activating group) is 1. The average molecular weight is 320 g/mol.